The average molecular weight is 479 g/mol. The van der Waals surface area contributed by atoms with Crippen molar-refractivity contribution in [3.8, 4) is 16.3 Å². The molecular formula is C21H23ClN4O3S2. The van der Waals surface area contributed by atoms with E-state index in [1.54, 1.807) is 25.3 Å². The molecule has 0 spiro atoms. The zero-order valence-electron chi connectivity index (χ0n) is 17.2. The lowest BCUT2D eigenvalue weighted by atomic mass is 10.1. The van der Waals surface area contributed by atoms with Crippen molar-refractivity contribution < 1.29 is 14.3 Å². The number of ether oxygens (including phenoxy) is 2. The molecule has 1 saturated heterocycles. The maximum Gasteiger partial charge on any atom is 0.228 e. The molecule has 0 aliphatic carbocycles. The SMILES string of the molecule is COc1ccc(Cl)cc1Nc1nc(-c2sc(NC(=O)C[C@@H]3CCCCO3)nc2C)cs1. The van der Waals surface area contributed by atoms with Crippen molar-refractivity contribution in [1.82, 2.24) is 9.97 Å². The number of nitrogens with one attached hydrogen (secondary N) is 2. The summed E-state index contributed by atoms with van der Waals surface area (Å²) in [4.78, 5) is 22.5. The molecule has 2 N–H and O–H groups in total. The first kappa shape index (κ1) is 22.0. The van der Waals surface area contributed by atoms with E-state index in [1.165, 1.54) is 22.7 Å². The Bertz CT molecular complexity index is 1060. The van der Waals surface area contributed by atoms with Gasteiger partial charge in [-0.2, -0.15) is 0 Å². The molecule has 4 rings (SSSR count). The van der Waals surface area contributed by atoms with Crippen LogP contribution >= 0.6 is 34.3 Å². The number of thiazole rings is 2. The molecule has 0 radical (unpaired) electrons. The molecule has 1 aliphatic rings. The minimum Gasteiger partial charge on any atom is -0.495 e. The number of carbonyl (C=O) groups is 1. The van der Waals surface area contributed by atoms with Gasteiger partial charge in [0.25, 0.3) is 0 Å². The molecule has 1 fully saturated rings. The summed E-state index contributed by atoms with van der Waals surface area (Å²) in [6.45, 7) is 2.65. The van der Waals surface area contributed by atoms with Gasteiger partial charge in [-0.1, -0.05) is 22.9 Å². The van der Waals surface area contributed by atoms with E-state index < -0.39 is 0 Å². The number of anilines is 3. The Balaban J connectivity index is 1.44. The van der Waals surface area contributed by atoms with Crippen molar-refractivity contribution in [1.29, 1.82) is 0 Å². The monoisotopic (exact) mass is 478 g/mol. The van der Waals surface area contributed by atoms with Crippen molar-refractivity contribution in [2.75, 3.05) is 24.4 Å². The zero-order valence-corrected chi connectivity index (χ0v) is 19.6. The summed E-state index contributed by atoms with van der Waals surface area (Å²) in [5.41, 5.74) is 2.38. The average Bonchev–Trinajstić information content (AvgIpc) is 3.35. The van der Waals surface area contributed by atoms with Gasteiger partial charge in [-0.05, 0) is 44.4 Å². The van der Waals surface area contributed by atoms with Crippen LogP contribution in [0.25, 0.3) is 10.6 Å². The quantitative estimate of drug-likeness (QED) is 0.441. The van der Waals surface area contributed by atoms with Crippen molar-refractivity contribution in [2.45, 2.75) is 38.7 Å². The van der Waals surface area contributed by atoms with Gasteiger partial charge < -0.3 is 20.1 Å². The Hall–Kier alpha value is -2.20. The highest BCUT2D eigenvalue weighted by Gasteiger charge is 2.20. The number of halogens is 1. The predicted octanol–water partition coefficient (Wildman–Crippen LogP) is 5.88. The van der Waals surface area contributed by atoms with Gasteiger partial charge in [0.1, 0.15) is 5.75 Å². The van der Waals surface area contributed by atoms with Crippen molar-refractivity contribution >= 4 is 56.1 Å². The molecule has 3 aromatic rings. The van der Waals surface area contributed by atoms with Crippen molar-refractivity contribution in [3.63, 3.8) is 0 Å². The molecule has 1 atom stereocenters. The lowest BCUT2D eigenvalue weighted by molar-refractivity contribution is -0.119. The van der Waals surface area contributed by atoms with Crippen LogP contribution < -0.4 is 15.4 Å². The molecule has 0 bridgehead atoms. The van der Waals surface area contributed by atoms with Crippen molar-refractivity contribution in [3.05, 3.63) is 34.3 Å². The fourth-order valence-corrected chi connectivity index (χ4v) is 5.27. The standard InChI is InChI=1S/C21H23ClN4O3S2/c1-12-19(31-21(23-12)26-18(27)10-14-5-3-4-8-29-14)16-11-30-20(25-16)24-15-9-13(22)6-7-17(15)28-2/h6-7,9,11,14H,3-5,8,10H2,1-2H3,(H,24,25)(H,23,26,27)/t14-/m0/s1. The summed E-state index contributed by atoms with van der Waals surface area (Å²) in [5.74, 6) is 0.614. The van der Waals surface area contributed by atoms with Crippen LogP contribution in [0.5, 0.6) is 5.75 Å². The van der Waals surface area contributed by atoms with Gasteiger partial charge in [0.15, 0.2) is 10.3 Å². The Labute approximate surface area is 193 Å². The number of nitrogens with zero attached hydrogens (tertiary/aromatic N) is 2. The van der Waals surface area contributed by atoms with Crippen LogP contribution in [-0.4, -0.2) is 35.7 Å². The van der Waals surface area contributed by atoms with E-state index in [9.17, 15) is 4.79 Å². The molecule has 1 aromatic carbocycles. The number of aryl methyl sites for hydroxylation is 1. The molecule has 3 heterocycles. The van der Waals surface area contributed by atoms with E-state index in [2.05, 4.69) is 20.6 Å². The highest BCUT2D eigenvalue weighted by atomic mass is 35.5. The molecule has 1 aliphatic heterocycles. The third kappa shape index (κ3) is 5.54. The molecule has 7 nitrogen and oxygen atoms in total. The Kier molecular flexibility index (Phi) is 7.06. The number of hydrogen-bond acceptors (Lipinski definition) is 8. The second kappa shape index (κ2) is 9.95. The van der Waals surface area contributed by atoms with Gasteiger partial charge in [-0.15, -0.1) is 11.3 Å². The second-order valence-electron chi connectivity index (χ2n) is 7.18. The molecule has 31 heavy (non-hydrogen) atoms. The van der Waals surface area contributed by atoms with Gasteiger partial charge in [0.2, 0.25) is 5.91 Å². The summed E-state index contributed by atoms with van der Waals surface area (Å²) in [7, 11) is 1.61. The predicted molar refractivity (Wildman–Crippen MR) is 126 cm³/mol. The van der Waals surface area contributed by atoms with E-state index in [1.807, 2.05) is 12.3 Å². The zero-order chi connectivity index (χ0) is 21.8. The third-order valence-electron chi connectivity index (χ3n) is 4.87. The third-order valence-corrected chi connectivity index (χ3v) is 6.96. The first-order valence-electron chi connectivity index (χ1n) is 9.97. The van der Waals surface area contributed by atoms with Crippen LogP contribution in [0.3, 0.4) is 0 Å². The van der Waals surface area contributed by atoms with Gasteiger partial charge in [-0.25, -0.2) is 9.97 Å². The van der Waals surface area contributed by atoms with E-state index >= 15 is 0 Å². The highest BCUT2D eigenvalue weighted by molar-refractivity contribution is 7.20. The number of hydrogen-bond donors (Lipinski definition) is 2. The summed E-state index contributed by atoms with van der Waals surface area (Å²) in [6.07, 6.45) is 3.48. The maximum atomic E-state index is 12.4. The Morgan fingerprint density at radius 2 is 2.19 bits per heavy atom. The van der Waals surface area contributed by atoms with Gasteiger partial charge in [-0.3, -0.25) is 4.79 Å². The molecule has 1 amide bonds. The minimum absolute atomic E-state index is 0.00457. The van der Waals surface area contributed by atoms with Crippen LogP contribution in [0.15, 0.2) is 23.6 Å². The number of aromatic nitrogens is 2. The summed E-state index contributed by atoms with van der Waals surface area (Å²) in [5, 5.41) is 10.0. The Morgan fingerprint density at radius 1 is 1.32 bits per heavy atom. The normalized spacial score (nSPS) is 16.2. The molecule has 0 saturated carbocycles. The van der Waals surface area contributed by atoms with Gasteiger partial charge in [0, 0.05) is 17.0 Å². The second-order valence-corrected chi connectivity index (χ2v) is 9.48. The first-order valence-corrected chi connectivity index (χ1v) is 12.0. The maximum absolute atomic E-state index is 12.4. The summed E-state index contributed by atoms with van der Waals surface area (Å²) >= 11 is 9.00. The molecule has 0 unspecified atom stereocenters. The van der Waals surface area contributed by atoms with Crippen LogP contribution in [0.1, 0.15) is 31.4 Å². The number of amides is 1. The molecular weight excluding hydrogens is 456 g/mol. The number of carbonyl (C=O) groups excluding carboxylic acids is 1. The van der Waals surface area contributed by atoms with Crippen LogP contribution in [-0.2, 0) is 9.53 Å². The van der Waals surface area contributed by atoms with E-state index in [0.29, 0.717) is 27.5 Å². The minimum atomic E-state index is -0.0686. The summed E-state index contributed by atoms with van der Waals surface area (Å²) < 4.78 is 11.0. The first-order chi connectivity index (χ1) is 15.0. The fraction of sp³-hybridized carbons (Fsp3) is 0.381. The molecule has 10 heteroatoms. The van der Waals surface area contributed by atoms with Crippen LogP contribution in [0, 0.1) is 6.92 Å². The Morgan fingerprint density at radius 3 is 2.97 bits per heavy atom. The van der Waals surface area contributed by atoms with Gasteiger partial charge in [0.05, 0.1) is 41.6 Å². The van der Waals surface area contributed by atoms with Gasteiger partial charge >= 0.3 is 0 Å². The lowest BCUT2D eigenvalue weighted by Gasteiger charge is -2.21. The lowest BCUT2D eigenvalue weighted by Crippen LogP contribution is -2.25. The number of rotatable bonds is 7. The smallest absolute Gasteiger partial charge is 0.228 e. The van der Waals surface area contributed by atoms with E-state index in [4.69, 9.17) is 21.1 Å². The molecule has 164 valence electrons. The van der Waals surface area contributed by atoms with Crippen LogP contribution in [0.2, 0.25) is 5.02 Å². The highest BCUT2D eigenvalue weighted by Crippen LogP contribution is 2.37. The fourth-order valence-electron chi connectivity index (χ4n) is 3.36. The number of methoxy groups -OCH3 is 1. The summed E-state index contributed by atoms with van der Waals surface area (Å²) in [6, 6.07) is 5.37. The van der Waals surface area contributed by atoms with Crippen molar-refractivity contribution in [2.24, 2.45) is 0 Å². The van der Waals surface area contributed by atoms with E-state index in [0.717, 1.165) is 47.8 Å². The molecule has 2 aromatic heterocycles. The van der Waals surface area contributed by atoms with E-state index in [-0.39, 0.29) is 12.0 Å². The number of benzene rings is 1. The topological polar surface area (TPSA) is 85.4 Å². The largest absolute Gasteiger partial charge is 0.495 e. The van der Waals surface area contributed by atoms with Crippen LogP contribution in [0.4, 0.5) is 16.0 Å².